The van der Waals surface area contributed by atoms with Gasteiger partial charge in [0, 0.05) is 29.6 Å². The molecule has 0 radical (unpaired) electrons. The number of amides is 2. The number of methoxy groups -OCH3 is 1. The maximum Gasteiger partial charge on any atom is 0.254 e. The second-order valence-electron chi connectivity index (χ2n) is 9.56. The van der Waals surface area contributed by atoms with Gasteiger partial charge in [0.25, 0.3) is 5.91 Å². The number of carbonyl (C=O) groups is 2. The Balaban J connectivity index is 1.54. The van der Waals surface area contributed by atoms with Crippen LogP contribution < -0.4 is 9.47 Å². The zero-order chi connectivity index (χ0) is 26.4. The van der Waals surface area contributed by atoms with E-state index in [0.717, 1.165) is 18.4 Å². The van der Waals surface area contributed by atoms with E-state index in [2.05, 4.69) is 13.8 Å². The van der Waals surface area contributed by atoms with Crippen molar-refractivity contribution < 1.29 is 23.5 Å². The molecule has 2 aromatic carbocycles. The van der Waals surface area contributed by atoms with Crippen LogP contribution in [0.3, 0.4) is 0 Å². The number of nitrogens with zero attached hydrogens (tertiary/aromatic N) is 2. The average Bonchev–Trinajstić information content (AvgIpc) is 3.38. The molecule has 1 aliphatic rings. The molecular weight excluding hydrogens is 491 g/mol. The lowest BCUT2D eigenvalue weighted by atomic mass is 10.00. The summed E-state index contributed by atoms with van der Waals surface area (Å²) in [5.41, 5.74) is 1.54. The van der Waals surface area contributed by atoms with Crippen molar-refractivity contribution in [1.29, 1.82) is 0 Å². The van der Waals surface area contributed by atoms with Gasteiger partial charge in [0.05, 0.1) is 13.2 Å². The van der Waals surface area contributed by atoms with E-state index in [1.807, 2.05) is 11.4 Å². The molecule has 0 aliphatic carbocycles. The van der Waals surface area contributed by atoms with E-state index >= 15 is 0 Å². The first-order valence-electron chi connectivity index (χ1n) is 12.5. The number of benzene rings is 2. The van der Waals surface area contributed by atoms with Crippen molar-refractivity contribution in [3.8, 4) is 11.5 Å². The minimum atomic E-state index is -0.373. The molecule has 0 fully saturated rings. The van der Waals surface area contributed by atoms with E-state index < -0.39 is 0 Å². The van der Waals surface area contributed by atoms with Gasteiger partial charge in [-0.05, 0) is 66.1 Å². The van der Waals surface area contributed by atoms with Crippen LogP contribution in [0.2, 0.25) is 0 Å². The number of fused-ring (bicyclic) bond motifs is 1. The molecule has 1 atom stereocenters. The van der Waals surface area contributed by atoms with E-state index in [0.29, 0.717) is 36.1 Å². The Morgan fingerprint density at radius 3 is 2.68 bits per heavy atom. The highest BCUT2D eigenvalue weighted by molar-refractivity contribution is 7.10. The SMILES string of the molecule is COc1cccc(C(=O)N(CCC(C)C)CC(=O)N2CCc3sccc3[C@@H]2COc2cccc(F)c2)c1. The molecule has 0 saturated heterocycles. The first-order valence-corrected chi connectivity index (χ1v) is 13.4. The third kappa shape index (κ3) is 6.68. The highest BCUT2D eigenvalue weighted by Crippen LogP contribution is 2.34. The molecule has 0 bridgehead atoms. The minimum Gasteiger partial charge on any atom is -0.497 e. The second kappa shape index (κ2) is 12.2. The number of hydrogen-bond acceptors (Lipinski definition) is 5. The fourth-order valence-electron chi connectivity index (χ4n) is 4.47. The number of carbonyl (C=O) groups excluding carboxylic acids is 2. The van der Waals surface area contributed by atoms with Gasteiger partial charge in [-0.3, -0.25) is 9.59 Å². The number of thiophene rings is 1. The van der Waals surface area contributed by atoms with Crippen molar-refractivity contribution in [2.24, 2.45) is 5.92 Å². The number of hydrogen-bond donors (Lipinski definition) is 0. The van der Waals surface area contributed by atoms with Crippen molar-refractivity contribution >= 4 is 23.2 Å². The molecular formula is C29H33FN2O4S. The van der Waals surface area contributed by atoms with Crippen molar-refractivity contribution in [3.05, 3.63) is 81.8 Å². The first-order chi connectivity index (χ1) is 17.9. The van der Waals surface area contributed by atoms with Gasteiger partial charge < -0.3 is 19.3 Å². The zero-order valence-corrected chi connectivity index (χ0v) is 22.3. The molecule has 4 rings (SSSR count). The molecule has 1 aromatic heterocycles. The summed E-state index contributed by atoms with van der Waals surface area (Å²) in [6.45, 7) is 5.38. The summed E-state index contributed by atoms with van der Waals surface area (Å²) < 4.78 is 24.9. The molecule has 0 unspecified atom stereocenters. The van der Waals surface area contributed by atoms with Crippen LogP contribution in [0.25, 0.3) is 0 Å². The zero-order valence-electron chi connectivity index (χ0n) is 21.5. The Morgan fingerprint density at radius 1 is 1.14 bits per heavy atom. The largest absolute Gasteiger partial charge is 0.497 e. The number of halogens is 1. The van der Waals surface area contributed by atoms with Gasteiger partial charge >= 0.3 is 0 Å². The van der Waals surface area contributed by atoms with Crippen LogP contribution in [0.15, 0.2) is 60.0 Å². The van der Waals surface area contributed by atoms with E-state index in [1.54, 1.807) is 64.6 Å². The highest BCUT2D eigenvalue weighted by Gasteiger charge is 2.33. The number of rotatable bonds is 10. The molecule has 2 amide bonds. The molecule has 0 spiro atoms. The normalized spacial score (nSPS) is 14.8. The molecule has 3 aromatic rings. The summed E-state index contributed by atoms with van der Waals surface area (Å²) in [6.07, 6.45) is 1.54. The van der Waals surface area contributed by atoms with E-state index in [-0.39, 0.29) is 36.8 Å². The smallest absolute Gasteiger partial charge is 0.254 e. The van der Waals surface area contributed by atoms with Crippen LogP contribution in [-0.2, 0) is 11.2 Å². The van der Waals surface area contributed by atoms with Crippen molar-refractivity contribution in [2.75, 3.05) is 33.4 Å². The lowest BCUT2D eigenvalue weighted by Gasteiger charge is -2.37. The lowest BCUT2D eigenvalue weighted by Crippen LogP contribution is -2.48. The van der Waals surface area contributed by atoms with Crippen LogP contribution in [0.1, 0.15) is 47.1 Å². The van der Waals surface area contributed by atoms with E-state index in [4.69, 9.17) is 9.47 Å². The topological polar surface area (TPSA) is 59.1 Å². The maximum atomic E-state index is 13.7. The molecule has 1 aliphatic heterocycles. The summed E-state index contributed by atoms with van der Waals surface area (Å²) in [7, 11) is 1.56. The molecule has 0 N–H and O–H groups in total. The lowest BCUT2D eigenvalue weighted by molar-refractivity contribution is -0.135. The fourth-order valence-corrected chi connectivity index (χ4v) is 5.39. The van der Waals surface area contributed by atoms with Gasteiger partial charge in [0.1, 0.15) is 30.5 Å². The Bertz CT molecular complexity index is 1230. The predicted octanol–water partition coefficient (Wildman–Crippen LogP) is 5.59. The van der Waals surface area contributed by atoms with Gasteiger partial charge in [0.15, 0.2) is 0 Å². The van der Waals surface area contributed by atoms with Gasteiger partial charge in [-0.15, -0.1) is 11.3 Å². The Kier molecular flexibility index (Phi) is 8.82. The Hall–Kier alpha value is -3.39. The quantitative estimate of drug-likeness (QED) is 0.347. The van der Waals surface area contributed by atoms with Gasteiger partial charge in [-0.1, -0.05) is 26.0 Å². The molecule has 2 heterocycles. The Labute approximate surface area is 221 Å². The van der Waals surface area contributed by atoms with Gasteiger partial charge in [0.2, 0.25) is 5.91 Å². The van der Waals surface area contributed by atoms with Crippen LogP contribution >= 0.6 is 11.3 Å². The Morgan fingerprint density at radius 2 is 1.92 bits per heavy atom. The molecule has 8 heteroatoms. The predicted molar refractivity (Wildman–Crippen MR) is 143 cm³/mol. The number of ether oxygens (including phenoxy) is 2. The third-order valence-electron chi connectivity index (χ3n) is 6.53. The van der Waals surface area contributed by atoms with Crippen molar-refractivity contribution in [2.45, 2.75) is 32.7 Å². The summed E-state index contributed by atoms with van der Waals surface area (Å²) in [4.78, 5) is 31.8. The maximum absolute atomic E-state index is 13.7. The van der Waals surface area contributed by atoms with Gasteiger partial charge in [-0.25, -0.2) is 4.39 Å². The second-order valence-corrected chi connectivity index (χ2v) is 10.6. The molecule has 37 heavy (non-hydrogen) atoms. The summed E-state index contributed by atoms with van der Waals surface area (Å²) >= 11 is 1.67. The van der Waals surface area contributed by atoms with Crippen LogP contribution in [-0.4, -0.2) is 55.0 Å². The average molecular weight is 525 g/mol. The van der Waals surface area contributed by atoms with E-state index in [1.165, 1.54) is 17.0 Å². The minimum absolute atomic E-state index is 0.0291. The molecule has 6 nitrogen and oxygen atoms in total. The monoisotopic (exact) mass is 524 g/mol. The summed E-state index contributed by atoms with van der Waals surface area (Å²) in [6, 6.07) is 14.7. The van der Waals surface area contributed by atoms with Crippen molar-refractivity contribution in [1.82, 2.24) is 9.80 Å². The van der Waals surface area contributed by atoms with Gasteiger partial charge in [-0.2, -0.15) is 0 Å². The molecule has 0 saturated carbocycles. The summed E-state index contributed by atoms with van der Waals surface area (Å²) in [5.74, 6) is 0.685. The van der Waals surface area contributed by atoms with Crippen LogP contribution in [0, 0.1) is 11.7 Å². The fraction of sp³-hybridized carbons (Fsp3) is 0.379. The summed E-state index contributed by atoms with van der Waals surface area (Å²) in [5, 5.41) is 2.02. The third-order valence-corrected chi connectivity index (χ3v) is 7.52. The molecule has 196 valence electrons. The highest BCUT2D eigenvalue weighted by atomic mass is 32.1. The first kappa shape index (κ1) is 26.7. The van der Waals surface area contributed by atoms with Crippen LogP contribution in [0.5, 0.6) is 11.5 Å². The van der Waals surface area contributed by atoms with Crippen molar-refractivity contribution in [3.63, 3.8) is 0 Å². The standard InChI is InChI=1S/C29H33FN2O4S/c1-20(2)10-13-31(29(34)21-6-4-8-23(16-21)35-3)18-28(33)32-14-11-27-25(12-15-37-27)26(32)19-36-24-9-5-7-22(30)17-24/h4-9,12,15-17,20,26H,10-11,13-14,18-19H2,1-3H3/t26-/m0/s1. The van der Waals surface area contributed by atoms with E-state index in [9.17, 15) is 14.0 Å². The van der Waals surface area contributed by atoms with Crippen LogP contribution in [0.4, 0.5) is 4.39 Å².